The summed E-state index contributed by atoms with van der Waals surface area (Å²) in [5.74, 6) is 1.19. The maximum atomic E-state index is 5.50. The van der Waals surface area contributed by atoms with Crippen molar-refractivity contribution in [3.8, 4) is 0 Å². The van der Waals surface area contributed by atoms with Gasteiger partial charge < -0.3 is 15.2 Å². The van der Waals surface area contributed by atoms with Gasteiger partial charge in [-0.25, -0.2) is 0 Å². The van der Waals surface area contributed by atoms with Crippen molar-refractivity contribution in [2.45, 2.75) is 11.4 Å². The van der Waals surface area contributed by atoms with Crippen LogP contribution < -0.4 is 10.6 Å². The number of thioether (sulfide) groups is 1. The van der Waals surface area contributed by atoms with Crippen LogP contribution in [0.3, 0.4) is 0 Å². The Hall–Kier alpha value is -1.62. The molecule has 0 aliphatic heterocycles. The van der Waals surface area contributed by atoms with Crippen LogP contribution in [0.1, 0.15) is 5.76 Å². The molecule has 0 atom stereocenters. The molecule has 1 heterocycles. The minimum Gasteiger partial charge on any atom is -0.381 e. The molecular formula is C12H15N3OS. The van der Waals surface area contributed by atoms with E-state index in [0.717, 1.165) is 11.4 Å². The maximum Gasteiger partial charge on any atom is 0.167 e. The third-order valence-electron chi connectivity index (χ3n) is 2.48. The van der Waals surface area contributed by atoms with Crippen molar-refractivity contribution in [3.05, 3.63) is 36.1 Å². The van der Waals surface area contributed by atoms with Gasteiger partial charge in [-0.3, -0.25) is 0 Å². The zero-order chi connectivity index (χ0) is 12.3. The summed E-state index contributed by atoms with van der Waals surface area (Å²) in [4.78, 5) is 3.34. The second-order valence-electron chi connectivity index (χ2n) is 3.77. The lowest BCUT2D eigenvalue weighted by atomic mass is 10.3. The Morgan fingerprint density at radius 1 is 1.35 bits per heavy atom. The zero-order valence-electron chi connectivity index (χ0n) is 9.88. The predicted molar refractivity (Wildman–Crippen MR) is 71.2 cm³/mol. The first-order valence-corrected chi connectivity index (χ1v) is 6.48. The Balaban J connectivity index is 2.06. The second kappa shape index (κ2) is 5.14. The van der Waals surface area contributed by atoms with Crippen molar-refractivity contribution >= 4 is 23.3 Å². The van der Waals surface area contributed by atoms with Crippen LogP contribution in [0.2, 0.25) is 0 Å². The van der Waals surface area contributed by atoms with E-state index in [1.54, 1.807) is 17.8 Å². The number of anilines is 2. The molecule has 0 radical (unpaired) electrons. The molecule has 0 spiro atoms. The summed E-state index contributed by atoms with van der Waals surface area (Å²) in [7, 11) is 2.01. The molecule has 2 aromatic rings. The maximum absolute atomic E-state index is 5.50. The van der Waals surface area contributed by atoms with Crippen LogP contribution >= 0.6 is 11.8 Å². The number of hydrogen-bond donors (Lipinski definition) is 1. The number of rotatable bonds is 4. The van der Waals surface area contributed by atoms with Crippen LogP contribution in [-0.2, 0) is 6.54 Å². The van der Waals surface area contributed by atoms with Gasteiger partial charge in [-0.05, 0) is 30.5 Å². The van der Waals surface area contributed by atoms with Gasteiger partial charge in [-0.15, -0.1) is 11.8 Å². The van der Waals surface area contributed by atoms with E-state index in [1.807, 2.05) is 7.05 Å². The summed E-state index contributed by atoms with van der Waals surface area (Å²) >= 11 is 1.73. The predicted octanol–water partition coefficient (Wildman–Crippen LogP) is 2.62. The van der Waals surface area contributed by atoms with E-state index in [-0.39, 0.29) is 0 Å². The largest absolute Gasteiger partial charge is 0.381 e. The van der Waals surface area contributed by atoms with Gasteiger partial charge in [0.1, 0.15) is 0 Å². The highest BCUT2D eigenvalue weighted by molar-refractivity contribution is 7.98. The lowest BCUT2D eigenvalue weighted by molar-refractivity contribution is 0.385. The Morgan fingerprint density at radius 2 is 2.06 bits per heavy atom. The molecule has 0 fully saturated rings. The fourth-order valence-electron chi connectivity index (χ4n) is 1.57. The summed E-state index contributed by atoms with van der Waals surface area (Å²) in [5, 5.41) is 3.66. The number of benzene rings is 1. The molecule has 0 amide bonds. The van der Waals surface area contributed by atoms with Crippen molar-refractivity contribution in [2.75, 3.05) is 23.9 Å². The Labute approximate surface area is 105 Å². The summed E-state index contributed by atoms with van der Waals surface area (Å²) in [6.07, 6.45) is 2.07. The first-order valence-electron chi connectivity index (χ1n) is 5.25. The molecule has 0 saturated carbocycles. The van der Waals surface area contributed by atoms with Crippen LogP contribution in [0.15, 0.2) is 39.8 Å². The molecular weight excluding hydrogens is 234 g/mol. The van der Waals surface area contributed by atoms with Crippen LogP contribution in [0.5, 0.6) is 0 Å². The summed E-state index contributed by atoms with van der Waals surface area (Å²) in [6.45, 7) is 0.656. The normalized spacial score (nSPS) is 10.5. The standard InChI is InChI=1S/C12H15N3OS/c1-15(8-10-7-12(13)14-16-10)9-3-5-11(17-2)6-4-9/h3-7H,8H2,1-2H3,(H2,13,14). The van der Waals surface area contributed by atoms with Gasteiger partial charge in [0.25, 0.3) is 0 Å². The second-order valence-corrected chi connectivity index (χ2v) is 4.65. The molecule has 1 aromatic heterocycles. The summed E-state index contributed by atoms with van der Waals surface area (Å²) in [6, 6.07) is 10.1. The number of aromatic nitrogens is 1. The smallest absolute Gasteiger partial charge is 0.167 e. The first-order chi connectivity index (χ1) is 8.19. The minimum atomic E-state index is 0.422. The molecule has 0 saturated heterocycles. The van der Waals surface area contributed by atoms with Gasteiger partial charge >= 0.3 is 0 Å². The minimum absolute atomic E-state index is 0.422. The van der Waals surface area contributed by atoms with E-state index < -0.39 is 0 Å². The average Bonchev–Trinajstić information content (AvgIpc) is 2.75. The van der Waals surface area contributed by atoms with E-state index in [4.69, 9.17) is 10.3 Å². The topological polar surface area (TPSA) is 55.3 Å². The SMILES string of the molecule is CSc1ccc(N(C)Cc2cc(N)no2)cc1. The van der Waals surface area contributed by atoms with Gasteiger partial charge in [0, 0.05) is 23.7 Å². The van der Waals surface area contributed by atoms with Crippen molar-refractivity contribution in [1.82, 2.24) is 5.16 Å². The first kappa shape index (κ1) is 11.9. The van der Waals surface area contributed by atoms with Crippen LogP contribution in [0, 0.1) is 0 Å². The van der Waals surface area contributed by atoms with Gasteiger partial charge in [-0.2, -0.15) is 0 Å². The molecule has 2 N–H and O–H groups in total. The molecule has 0 aliphatic carbocycles. The fourth-order valence-corrected chi connectivity index (χ4v) is 1.97. The zero-order valence-corrected chi connectivity index (χ0v) is 10.7. The molecule has 1 aromatic carbocycles. The van der Waals surface area contributed by atoms with E-state index >= 15 is 0 Å². The molecule has 0 aliphatic rings. The average molecular weight is 249 g/mol. The molecule has 4 nitrogen and oxygen atoms in total. The third-order valence-corrected chi connectivity index (χ3v) is 3.23. The van der Waals surface area contributed by atoms with Gasteiger partial charge in [-0.1, -0.05) is 5.16 Å². The van der Waals surface area contributed by atoms with Gasteiger partial charge in [0.15, 0.2) is 11.6 Å². The summed E-state index contributed by atoms with van der Waals surface area (Å²) in [5.41, 5.74) is 6.64. The molecule has 5 heteroatoms. The van der Waals surface area contributed by atoms with E-state index in [2.05, 4.69) is 40.6 Å². The molecule has 0 bridgehead atoms. The van der Waals surface area contributed by atoms with Crippen LogP contribution in [0.4, 0.5) is 11.5 Å². The van der Waals surface area contributed by atoms with Crippen molar-refractivity contribution in [2.24, 2.45) is 0 Å². The van der Waals surface area contributed by atoms with Crippen molar-refractivity contribution < 1.29 is 4.52 Å². The van der Waals surface area contributed by atoms with Crippen LogP contribution in [-0.4, -0.2) is 18.5 Å². The Morgan fingerprint density at radius 3 is 2.59 bits per heavy atom. The lowest BCUT2D eigenvalue weighted by Gasteiger charge is -2.17. The van der Waals surface area contributed by atoms with Gasteiger partial charge in [0.2, 0.25) is 0 Å². The Bertz CT molecular complexity index is 481. The molecule has 17 heavy (non-hydrogen) atoms. The van der Waals surface area contributed by atoms with Gasteiger partial charge in [0.05, 0.1) is 6.54 Å². The molecule has 0 unspecified atom stereocenters. The van der Waals surface area contributed by atoms with Crippen molar-refractivity contribution in [3.63, 3.8) is 0 Å². The number of nitrogens with two attached hydrogens (primary N) is 1. The van der Waals surface area contributed by atoms with E-state index in [1.165, 1.54) is 4.90 Å². The fraction of sp³-hybridized carbons (Fsp3) is 0.250. The third kappa shape index (κ3) is 2.94. The van der Waals surface area contributed by atoms with E-state index in [9.17, 15) is 0 Å². The van der Waals surface area contributed by atoms with Crippen molar-refractivity contribution in [1.29, 1.82) is 0 Å². The monoisotopic (exact) mass is 249 g/mol. The molecule has 90 valence electrons. The molecule has 2 rings (SSSR count). The summed E-state index contributed by atoms with van der Waals surface area (Å²) < 4.78 is 5.08. The Kier molecular flexibility index (Phi) is 3.58. The van der Waals surface area contributed by atoms with E-state index in [0.29, 0.717) is 12.4 Å². The lowest BCUT2D eigenvalue weighted by Crippen LogP contribution is -2.15. The number of hydrogen-bond acceptors (Lipinski definition) is 5. The highest BCUT2D eigenvalue weighted by Crippen LogP contribution is 2.21. The quantitative estimate of drug-likeness (QED) is 0.844. The number of nitrogens with zero attached hydrogens (tertiary/aromatic N) is 2. The highest BCUT2D eigenvalue weighted by atomic mass is 32.2. The number of nitrogen functional groups attached to an aromatic ring is 1. The van der Waals surface area contributed by atoms with Crippen LogP contribution in [0.25, 0.3) is 0 Å². The highest BCUT2D eigenvalue weighted by Gasteiger charge is 2.06.